The number of fused-ring (bicyclic) bond motifs is 1. The fraction of sp³-hybridized carbons (Fsp3) is 0.125. The largest absolute Gasteiger partial charge is 0.478 e. The highest BCUT2D eigenvalue weighted by Gasteiger charge is 2.27. The van der Waals surface area contributed by atoms with E-state index in [9.17, 15) is 18.0 Å². The standard InChI is InChI=1S/C16H11F3N2O2/c17-16(18,19)8-9-3-1-4-10(7-9)14-20-12-6-2-5-11(15(22)23)13(12)21-14/h1-7H,8H2,(H,20,21)(H,22,23). The van der Waals surface area contributed by atoms with Gasteiger partial charge in [-0.2, -0.15) is 13.2 Å². The third-order valence-corrected chi connectivity index (χ3v) is 3.35. The Kier molecular flexibility index (Phi) is 3.55. The van der Waals surface area contributed by atoms with Crippen LogP contribution in [0.15, 0.2) is 42.5 Å². The zero-order valence-electron chi connectivity index (χ0n) is 11.7. The van der Waals surface area contributed by atoms with Crippen LogP contribution in [0.25, 0.3) is 22.4 Å². The molecule has 0 aliphatic carbocycles. The molecule has 0 saturated carbocycles. The topological polar surface area (TPSA) is 66.0 Å². The molecular formula is C16H11F3N2O2. The van der Waals surface area contributed by atoms with Crippen molar-refractivity contribution in [2.45, 2.75) is 12.6 Å². The van der Waals surface area contributed by atoms with Crippen molar-refractivity contribution in [1.82, 2.24) is 9.97 Å². The molecule has 0 radical (unpaired) electrons. The van der Waals surface area contributed by atoms with Crippen LogP contribution in [0.1, 0.15) is 15.9 Å². The molecule has 0 unspecified atom stereocenters. The maximum Gasteiger partial charge on any atom is 0.393 e. The molecule has 0 amide bonds. The van der Waals surface area contributed by atoms with Gasteiger partial charge in [0.2, 0.25) is 0 Å². The maximum atomic E-state index is 12.5. The van der Waals surface area contributed by atoms with E-state index in [4.69, 9.17) is 5.11 Å². The lowest BCUT2D eigenvalue weighted by molar-refractivity contribution is -0.127. The third kappa shape index (κ3) is 3.18. The average Bonchev–Trinajstić information content (AvgIpc) is 2.89. The minimum absolute atomic E-state index is 0.0384. The highest BCUT2D eigenvalue weighted by molar-refractivity contribution is 6.01. The predicted molar refractivity (Wildman–Crippen MR) is 78.2 cm³/mol. The molecule has 23 heavy (non-hydrogen) atoms. The summed E-state index contributed by atoms with van der Waals surface area (Å²) < 4.78 is 37.5. The molecule has 3 rings (SSSR count). The average molecular weight is 320 g/mol. The number of hydrogen-bond acceptors (Lipinski definition) is 2. The highest BCUT2D eigenvalue weighted by atomic mass is 19.4. The van der Waals surface area contributed by atoms with Crippen molar-refractivity contribution in [3.63, 3.8) is 0 Å². The number of para-hydroxylation sites is 1. The molecule has 0 saturated heterocycles. The number of aromatic nitrogens is 2. The summed E-state index contributed by atoms with van der Waals surface area (Å²) in [4.78, 5) is 18.4. The molecule has 0 spiro atoms. The van der Waals surface area contributed by atoms with Gasteiger partial charge in [-0.3, -0.25) is 0 Å². The van der Waals surface area contributed by atoms with Crippen LogP contribution in [-0.2, 0) is 6.42 Å². The number of aromatic amines is 1. The third-order valence-electron chi connectivity index (χ3n) is 3.35. The molecule has 2 aromatic carbocycles. The number of carbonyl (C=O) groups is 1. The first-order valence-electron chi connectivity index (χ1n) is 6.71. The van der Waals surface area contributed by atoms with Gasteiger partial charge in [-0.05, 0) is 23.8 Å². The second-order valence-electron chi connectivity index (χ2n) is 5.08. The summed E-state index contributed by atoms with van der Waals surface area (Å²) in [6, 6.07) is 10.6. The molecule has 0 bridgehead atoms. The number of halogens is 3. The van der Waals surface area contributed by atoms with E-state index in [-0.39, 0.29) is 16.6 Å². The number of nitrogens with one attached hydrogen (secondary N) is 1. The molecule has 7 heteroatoms. The van der Waals surface area contributed by atoms with Gasteiger partial charge >= 0.3 is 12.1 Å². The van der Waals surface area contributed by atoms with E-state index in [1.54, 1.807) is 18.2 Å². The van der Waals surface area contributed by atoms with Crippen LogP contribution in [0.5, 0.6) is 0 Å². The van der Waals surface area contributed by atoms with E-state index in [1.165, 1.54) is 24.3 Å². The van der Waals surface area contributed by atoms with Gasteiger partial charge in [-0.25, -0.2) is 9.78 Å². The SMILES string of the molecule is O=C(O)c1cccc2[nH]c(-c3cccc(CC(F)(F)F)c3)nc12. The molecule has 1 aromatic heterocycles. The smallest absolute Gasteiger partial charge is 0.393 e. The van der Waals surface area contributed by atoms with Gasteiger partial charge in [0.25, 0.3) is 0 Å². The van der Waals surface area contributed by atoms with Crippen LogP contribution < -0.4 is 0 Å². The van der Waals surface area contributed by atoms with E-state index in [2.05, 4.69) is 9.97 Å². The Hall–Kier alpha value is -2.83. The number of rotatable bonds is 3. The molecule has 1 heterocycles. The number of hydrogen-bond donors (Lipinski definition) is 2. The number of benzene rings is 2. The van der Waals surface area contributed by atoms with Gasteiger partial charge < -0.3 is 10.1 Å². The highest BCUT2D eigenvalue weighted by Crippen LogP contribution is 2.26. The van der Waals surface area contributed by atoms with E-state index in [0.29, 0.717) is 16.9 Å². The fourth-order valence-corrected chi connectivity index (χ4v) is 2.40. The summed E-state index contributed by atoms with van der Waals surface area (Å²) in [5.74, 6) is -0.780. The van der Waals surface area contributed by atoms with Gasteiger partial charge in [0.05, 0.1) is 17.5 Å². The Bertz CT molecular complexity index is 884. The van der Waals surface area contributed by atoms with Gasteiger partial charge in [0, 0.05) is 5.56 Å². The van der Waals surface area contributed by atoms with Crippen LogP contribution in [0, 0.1) is 0 Å². The Morgan fingerprint density at radius 2 is 1.91 bits per heavy atom. The van der Waals surface area contributed by atoms with Crippen LogP contribution >= 0.6 is 0 Å². The first-order chi connectivity index (χ1) is 10.8. The molecule has 2 N–H and O–H groups in total. The van der Waals surface area contributed by atoms with Crippen molar-refractivity contribution in [2.24, 2.45) is 0 Å². The van der Waals surface area contributed by atoms with E-state index >= 15 is 0 Å². The molecule has 0 aliphatic rings. The molecule has 0 fully saturated rings. The van der Waals surface area contributed by atoms with Crippen molar-refractivity contribution >= 4 is 17.0 Å². The monoisotopic (exact) mass is 320 g/mol. The van der Waals surface area contributed by atoms with Crippen LogP contribution in [0.2, 0.25) is 0 Å². The van der Waals surface area contributed by atoms with Gasteiger partial charge in [-0.1, -0.05) is 24.3 Å². The zero-order valence-corrected chi connectivity index (χ0v) is 11.7. The molecule has 118 valence electrons. The molecule has 4 nitrogen and oxygen atoms in total. The van der Waals surface area contributed by atoms with Crippen LogP contribution in [0.3, 0.4) is 0 Å². The van der Waals surface area contributed by atoms with Crippen molar-refractivity contribution in [3.05, 3.63) is 53.6 Å². The van der Waals surface area contributed by atoms with E-state index < -0.39 is 18.6 Å². The second-order valence-corrected chi connectivity index (χ2v) is 5.08. The second kappa shape index (κ2) is 5.42. The summed E-state index contributed by atoms with van der Waals surface area (Å²) in [7, 11) is 0. The quantitative estimate of drug-likeness (QED) is 0.765. The summed E-state index contributed by atoms with van der Waals surface area (Å²) in [5.41, 5.74) is 1.42. The number of carboxylic acid groups (broad SMARTS) is 1. The Labute approximate surface area is 128 Å². The Morgan fingerprint density at radius 1 is 1.17 bits per heavy atom. The lowest BCUT2D eigenvalue weighted by Crippen LogP contribution is -2.11. The summed E-state index contributed by atoms with van der Waals surface area (Å²) in [6.07, 6.45) is -5.32. The molecular weight excluding hydrogens is 309 g/mol. The van der Waals surface area contributed by atoms with Gasteiger partial charge in [-0.15, -0.1) is 0 Å². The molecule has 3 aromatic rings. The number of H-pyrrole nitrogens is 1. The molecule has 0 aliphatic heterocycles. The molecule has 0 atom stereocenters. The summed E-state index contributed by atoms with van der Waals surface area (Å²) >= 11 is 0. The van der Waals surface area contributed by atoms with Crippen molar-refractivity contribution < 1.29 is 23.1 Å². The lowest BCUT2D eigenvalue weighted by atomic mass is 10.1. The van der Waals surface area contributed by atoms with Crippen molar-refractivity contribution in [3.8, 4) is 11.4 Å². The summed E-state index contributed by atoms with van der Waals surface area (Å²) in [6.45, 7) is 0. The Morgan fingerprint density at radius 3 is 2.61 bits per heavy atom. The number of imidazole rings is 1. The number of aromatic carboxylic acids is 1. The van der Waals surface area contributed by atoms with Crippen LogP contribution in [-0.4, -0.2) is 27.2 Å². The van der Waals surface area contributed by atoms with E-state index in [0.717, 1.165) is 0 Å². The number of alkyl halides is 3. The minimum Gasteiger partial charge on any atom is -0.478 e. The Balaban J connectivity index is 2.05. The normalized spacial score (nSPS) is 11.8. The van der Waals surface area contributed by atoms with E-state index in [1.807, 2.05) is 0 Å². The minimum atomic E-state index is -4.29. The van der Waals surface area contributed by atoms with Crippen molar-refractivity contribution in [1.29, 1.82) is 0 Å². The fourth-order valence-electron chi connectivity index (χ4n) is 2.40. The predicted octanol–water partition coefficient (Wildman–Crippen LogP) is 4.03. The van der Waals surface area contributed by atoms with Gasteiger partial charge in [0.1, 0.15) is 11.3 Å². The van der Waals surface area contributed by atoms with Crippen LogP contribution in [0.4, 0.5) is 13.2 Å². The lowest BCUT2D eigenvalue weighted by Gasteiger charge is -2.07. The first kappa shape index (κ1) is 15.1. The first-order valence-corrected chi connectivity index (χ1v) is 6.71. The maximum absolute atomic E-state index is 12.5. The summed E-state index contributed by atoms with van der Waals surface area (Å²) in [5, 5.41) is 9.16. The zero-order chi connectivity index (χ0) is 16.6. The van der Waals surface area contributed by atoms with Gasteiger partial charge in [0.15, 0.2) is 0 Å². The van der Waals surface area contributed by atoms with Crippen molar-refractivity contribution in [2.75, 3.05) is 0 Å². The number of carboxylic acids is 1. The number of nitrogens with zero attached hydrogens (tertiary/aromatic N) is 1.